The summed E-state index contributed by atoms with van der Waals surface area (Å²) in [4.78, 5) is 0. The van der Waals surface area contributed by atoms with Gasteiger partial charge in [0.1, 0.15) is 0 Å². The molecule has 1 unspecified atom stereocenters. The van der Waals surface area contributed by atoms with E-state index >= 15 is 0 Å². The van der Waals surface area contributed by atoms with Gasteiger partial charge in [0.15, 0.2) is 0 Å². The third kappa shape index (κ3) is 15.9. The normalized spacial score (nSPS) is 12.8. The standard InChI is InChI=1S/C17H38N2/c1-2-17(19)15-13-11-9-7-5-3-4-6-8-10-12-14-16-18/h17H,2-16,18-19H2,1H3. The third-order valence-corrected chi connectivity index (χ3v) is 4.05. The van der Waals surface area contributed by atoms with Gasteiger partial charge in [-0.25, -0.2) is 0 Å². The van der Waals surface area contributed by atoms with Crippen LogP contribution in [-0.2, 0) is 0 Å². The Morgan fingerprint density at radius 1 is 0.632 bits per heavy atom. The van der Waals surface area contributed by atoms with Gasteiger partial charge < -0.3 is 11.5 Å². The summed E-state index contributed by atoms with van der Waals surface area (Å²) in [6.07, 6.45) is 19.0. The highest BCUT2D eigenvalue weighted by molar-refractivity contribution is 4.58. The Balaban J connectivity index is 2.95. The smallest absolute Gasteiger partial charge is 0.00362 e. The van der Waals surface area contributed by atoms with E-state index in [0.717, 1.165) is 13.0 Å². The van der Waals surface area contributed by atoms with Crippen LogP contribution in [0, 0.1) is 0 Å². The number of nitrogens with two attached hydrogens (primary N) is 2. The van der Waals surface area contributed by atoms with E-state index in [1.54, 1.807) is 0 Å². The fourth-order valence-electron chi connectivity index (χ4n) is 2.52. The SMILES string of the molecule is CCC(N)CCCCCCCCCCCCCCN. The van der Waals surface area contributed by atoms with Crippen LogP contribution in [0.5, 0.6) is 0 Å². The van der Waals surface area contributed by atoms with E-state index in [1.807, 2.05) is 0 Å². The van der Waals surface area contributed by atoms with E-state index in [9.17, 15) is 0 Å². The van der Waals surface area contributed by atoms with E-state index in [0.29, 0.717) is 6.04 Å². The molecular weight excluding hydrogens is 232 g/mol. The first-order chi connectivity index (χ1) is 9.31. The van der Waals surface area contributed by atoms with Gasteiger partial charge in [-0.3, -0.25) is 0 Å². The van der Waals surface area contributed by atoms with Crippen molar-refractivity contribution in [1.29, 1.82) is 0 Å². The number of hydrogen-bond acceptors (Lipinski definition) is 2. The quantitative estimate of drug-likeness (QED) is 0.422. The van der Waals surface area contributed by atoms with Crippen LogP contribution in [0.4, 0.5) is 0 Å². The molecule has 0 rings (SSSR count). The summed E-state index contributed by atoms with van der Waals surface area (Å²) >= 11 is 0. The van der Waals surface area contributed by atoms with E-state index in [4.69, 9.17) is 11.5 Å². The zero-order chi connectivity index (χ0) is 14.2. The van der Waals surface area contributed by atoms with Crippen molar-refractivity contribution in [3.05, 3.63) is 0 Å². The number of hydrogen-bond donors (Lipinski definition) is 2. The van der Waals surface area contributed by atoms with Crippen LogP contribution >= 0.6 is 0 Å². The molecule has 2 heteroatoms. The minimum atomic E-state index is 0.444. The lowest BCUT2D eigenvalue weighted by molar-refractivity contribution is 0.512. The summed E-state index contributed by atoms with van der Waals surface area (Å²) in [5.74, 6) is 0. The van der Waals surface area contributed by atoms with Crippen LogP contribution in [0.2, 0.25) is 0 Å². The minimum absolute atomic E-state index is 0.444. The monoisotopic (exact) mass is 270 g/mol. The first-order valence-corrected chi connectivity index (χ1v) is 8.77. The first-order valence-electron chi connectivity index (χ1n) is 8.77. The van der Waals surface area contributed by atoms with Crippen molar-refractivity contribution < 1.29 is 0 Å². The van der Waals surface area contributed by atoms with E-state index in [1.165, 1.54) is 83.5 Å². The van der Waals surface area contributed by atoms with Crippen LogP contribution in [0.15, 0.2) is 0 Å². The summed E-state index contributed by atoms with van der Waals surface area (Å²) in [6.45, 7) is 3.05. The van der Waals surface area contributed by atoms with E-state index in [2.05, 4.69) is 6.92 Å². The second-order valence-corrected chi connectivity index (χ2v) is 5.99. The molecule has 0 aromatic rings. The molecule has 0 heterocycles. The van der Waals surface area contributed by atoms with Crippen LogP contribution in [0.25, 0.3) is 0 Å². The molecule has 0 saturated heterocycles. The van der Waals surface area contributed by atoms with Crippen molar-refractivity contribution in [3.8, 4) is 0 Å². The molecule has 116 valence electrons. The maximum absolute atomic E-state index is 5.91. The second kappa shape index (κ2) is 16.0. The maximum Gasteiger partial charge on any atom is 0.00362 e. The molecule has 0 fully saturated rings. The molecule has 0 aromatic heterocycles. The van der Waals surface area contributed by atoms with Crippen LogP contribution in [0.1, 0.15) is 96.8 Å². The molecule has 0 amide bonds. The van der Waals surface area contributed by atoms with Crippen molar-refractivity contribution in [2.45, 2.75) is 103 Å². The van der Waals surface area contributed by atoms with Crippen LogP contribution < -0.4 is 11.5 Å². The Hall–Kier alpha value is -0.0800. The van der Waals surface area contributed by atoms with Gasteiger partial charge in [-0.05, 0) is 25.8 Å². The Labute approximate surface area is 121 Å². The topological polar surface area (TPSA) is 52.0 Å². The van der Waals surface area contributed by atoms with Gasteiger partial charge in [0.25, 0.3) is 0 Å². The lowest BCUT2D eigenvalue weighted by Crippen LogP contribution is -2.17. The second-order valence-electron chi connectivity index (χ2n) is 5.99. The Morgan fingerprint density at radius 2 is 1.00 bits per heavy atom. The van der Waals surface area contributed by atoms with E-state index in [-0.39, 0.29) is 0 Å². The van der Waals surface area contributed by atoms with Gasteiger partial charge >= 0.3 is 0 Å². The molecule has 4 N–H and O–H groups in total. The highest BCUT2D eigenvalue weighted by atomic mass is 14.6. The predicted octanol–water partition coefficient (Wildman–Crippen LogP) is 4.75. The highest BCUT2D eigenvalue weighted by Crippen LogP contribution is 2.12. The summed E-state index contributed by atoms with van der Waals surface area (Å²) in [7, 11) is 0. The minimum Gasteiger partial charge on any atom is -0.330 e. The lowest BCUT2D eigenvalue weighted by atomic mass is 10.0. The number of unbranched alkanes of at least 4 members (excludes halogenated alkanes) is 11. The third-order valence-electron chi connectivity index (χ3n) is 4.05. The van der Waals surface area contributed by atoms with Gasteiger partial charge in [-0.15, -0.1) is 0 Å². The maximum atomic E-state index is 5.91. The molecule has 19 heavy (non-hydrogen) atoms. The molecule has 0 aliphatic carbocycles. The fourth-order valence-corrected chi connectivity index (χ4v) is 2.52. The zero-order valence-corrected chi connectivity index (χ0v) is 13.3. The summed E-state index contributed by atoms with van der Waals surface area (Å²) < 4.78 is 0. The van der Waals surface area contributed by atoms with Gasteiger partial charge in [0.05, 0.1) is 0 Å². The molecule has 0 radical (unpaired) electrons. The van der Waals surface area contributed by atoms with Crippen LogP contribution in [0.3, 0.4) is 0 Å². The van der Waals surface area contributed by atoms with Crippen molar-refractivity contribution in [3.63, 3.8) is 0 Å². The predicted molar refractivity (Wildman–Crippen MR) is 87.3 cm³/mol. The number of rotatable bonds is 15. The molecule has 0 bridgehead atoms. The van der Waals surface area contributed by atoms with Crippen LogP contribution in [-0.4, -0.2) is 12.6 Å². The molecule has 0 aliphatic rings. The molecule has 0 aliphatic heterocycles. The molecule has 0 aromatic carbocycles. The molecular formula is C17H38N2. The summed E-state index contributed by atoms with van der Waals surface area (Å²) in [5, 5.41) is 0. The first kappa shape index (κ1) is 18.9. The zero-order valence-electron chi connectivity index (χ0n) is 13.3. The molecule has 0 saturated carbocycles. The highest BCUT2D eigenvalue weighted by Gasteiger charge is 1.98. The largest absolute Gasteiger partial charge is 0.330 e. The van der Waals surface area contributed by atoms with Crippen molar-refractivity contribution in [1.82, 2.24) is 0 Å². The van der Waals surface area contributed by atoms with Gasteiger partial charge in [0, 0.05) is 6.04 Å². The average molecular weight is 271 g/mol. The average Bonchev–Trinajstić information content (AvgIpc) is 2.43. The fraction of sp³-hybridized carbons (Fsp3) is 1.00. The Morgan fingerprint density at radius 3 is 1.37 bits per heavy atom. The van der Waals surface area contributed by atoms with Crippen molar-refractivity contribution in [2.24, 2.45) is 11.5 Å². The molecule has 0 spiro atoms. The van der Waals surface area contributed by atoms with Gasteiger partial charge in [-0.1, -0.05) is 77.6 Å². The Kier molecular flexibility index (Phi) is 15.9. The van der Waals surface area contributed by atoms with Crippen molar-refractivity contribution in [2.75, 3.05) is 6.54 Å². The molecule has 1 atom stereocenters. The van der Waals surface area contributed by atoms with Gasteiger partial charge in [-0.2, -0.15) is 0 Å². The van der Waals surface area contributed by atoms with E-state index < -0.39 is 0 Å². The van der Waals surface area contributed by atoms with Gasteiger partial charge in [0.2, 0.25) is 0 Å². The Bertz CT molecular complexity index is 159. The van der Waals surface area contributed by atoms with Crippen molar-refractivity contribution >= 4 is 0 Å². The molecule has 2 nitrogen and oxygen atoms in total. The summed E-state index contributed by atoms with van der Waals surface area (Å²) in [5.41, 5.74) is 11.4. The lowest BCUT2D eigenvalue weighted by Gasteiger charge is -2.07. The summed E-state index contributed by atoms with van der Waals surface area (Å²) in [6, 6.07) is 0.444.